The largest absolute Gasteiger partial charge is 0.372 e. The van der Waals surface area contributed by atoms with E-state index >= 15 is 0 Å². The van der Waals surface area contributed by atoms with Gasteiger partial charge >= 0.3 is 0 Å². The molecule has 3 heteroatoms. The van der Waals surface area contributed by atoms with E-state index in [9.17, 15) is 0 Å². The van der Waals surface area contributed by atoms with Gasteiger partial charge in [-0.3, -0.25) is 0 Å². The molecule has 1 N–H and O–H groups in total. The van der Waals surface area contributed by atoms with E-state index in [-0.39, 0.29) is 0 Å². The predicted molar refractivity (Wildman–Crippen MR) is 71.3 cm³/mol. The van der Waals surface area contributed by atoms with E-state index in [2.05, 4.69) is 24.2 Å². The maximum atomic E-state index is 6.08. The first kappa shape index (κ1) is 13.3. The molecule has 1 heterocycles. The first-order valence-electron chi connectivity index (χ1n) is 7.32. The molecule has 1 saturated heterocycles. The molecule has 2 unspecified atom stereocenters. The molecule has 2 atom stereocenters. The molecule has 1 aliphatic carbocycles. The molecule has 2 fully saturated rings. The zero-order valence-electron chi connectivity index (χ0n) is 11.5. The minimum absolute atomic E-state index is 0.459. The van der Waals surface area contributed by atoms with Crippen LogP contribution in [-0.2, 0) is 4.74 Å². The van der Waals surface area contributed by atoms with Crippen LogP contribution in [0.15, 0.2) is 0 Å². The topological polar surface area (TPSA) is 24.5 Å². The first-order valence-corrected chi connectivity index (χ1v) is 7.32. The van der Waals surface area contributed by atoms with E-state index in [0.29, 0.717) is 12.2 Å². The van der Waals surface area contributed by atoms with Crippen LogP contribution in [-0.4, -0.2) is 50.3 Å². The van der Waals surface area contributed by atoms with Crippen LogP contribution < -0.4 is 5.32 Å². The van der Waals surface area contributed by atoms with Crippen molar-refractivity contribution in [2.24, 2.45) is 5.92 Å². The van der Waals surface area contributed by atoms with Crippen molar-refractivity contribution in [1.29, 1.82) is 0 Å². The van der Waals surface area contributed by atoms with Crippen molar-refractivity contribution >= 4 is 0 Å². The van der Waals surface area contributed by atoms with Crippen molar-refractivity contribution < 1.29 is 4.74 Å². The summed E-state index contributed by atoms with van der Waals surface area (Å²) in [6.45, 7) is 6.76. The summed E-state index contributed by atoms with van der Waals surface area (Å²) in [5.74, 6) is 0.989. The van der Waals surface area contributed by atoms with Gasteiger partial charge in [-0.15, -0.1) is 0 Å². The van der Waals surface area contributed by atoms with E-state index in [1.54, 1.807) is 0 Å². The third-order valence-electron chi connectivity index (χ3n) is 3.78. The average Bonchev–Trinajstić information content (AvgIpc) is 2.99. The molecule has 1 saturated carbocycles. The molecule has 0 aromatic rings. The normalized spacial score (nSPS) is 29.1. The van der Waals surface area contributed by atoms with Gasteiger partial charge in [0.05, 0.1) is 12.2 Å². The fourth-order valence-corrected chi connectivity index (χ4v) is 2.67. The van der Waals surface area contributed by atoms with Crippen molar-refractivity contribution in [1.82, 2.24) is 10.2 Å². The lowest BCUT2D eigenvalue weighted by Gasteiger charge is -2.21. The van der Waals surface area contributed by atoms with Crippen molar-refractivity contribution in [2.75, 3.05) is 33.2 Å². The highest BCUT2D eigenvalue weighted by Gasteiger charge is 2.28. The minimum Gasteiger partial charge on any atom is -0.372 e. The van der Waals surface area contributed by atoms with Crippen LogP contribution in [0.2, 0.25) is 0 Å². The van der Waals surface area contributed by atoms with Gasteiger partial charge in [0.2, 0.25) is 0 Å². The molecule has 2 aliphatic rings. The summed E-state index contributed by atoms with van der Waals surface area (Å²) in [6.07, 6.45) is 7.51. The van der Waals surface area contributed by atoms with Gasteiger partial charge in [0, 0.05) is 19.6 Å². The molecule has 0 aromatic carbocycles. The summed E-state index contributed by atoms with van der Waals surface area (Å²) in [7, 11) is 2.24. The van der Waals surface area contributed by atoms with Gasteiger partial charge in [0.1, 0.15) is 0 Å². The lowest BCUT2D eigenvalue weighted by Crippen LogP contribution is -2.33. The Balaban J connectivity index is 1.56. The second-order valence-electron chi connectivity index (χ2n) is 5.83. The van der Waals surface area contributed by atoms with Crippen LogP contribution in [0.5, 0.6) is 0 Å². The van der Waals surface area contributed by atoms with Crippen molar-refractivity contribution in [3.8, 4) is 0 Å². The second-order valence-corrected chi connectivity index (χ2v) is 5.83. The maximum absolute atomic E-state index is 6.08. The Morgan fingerprint density at radius 2 is 1.88 bits per heavy atom. The van der Waals surface area contributed by atoms with Crippen molar-refractivity contribution in [3.63, 3.8) is 0 Å². The molecule has 0 bridgehead atoms. The zero-order chi connectivity index (χ0) is 12.1. The maximum Gasteiger partial charge on any atom is 0.0707 e. The molecule has 2 rings (SSSR count). The Morgan fingerprint density at radius 1 is 1.12 bits per heavy atom. The zero-order valence-corrected chi connectivity index (χ0v) is 11.5. The van der Waals surface area contributed by atoms with Crippen LogP contribution in [0.3, 0.4) is 0 Å². The summed E-state index contributed by atoms with van der Waals surface area (Å²) in [4.78, 5) is 2.46. The van der Waals surface area contributed by atoms with Crippen molar-refractivity contribution in [2.45, 2.75) is 51.2 Å². The van der Waals surface area contributed by atoms with Crippen LogP contribution in [0, 0.1) is 5.92 Å². The average molecular weight is 240 g/mol. The lowest BCUT2D eigenvalue weighted by atomic mass is 10.2. The van der Waals surface area contributed by atoms with E-state index in [4.69, 9.17) is 4.74 Å². The van der Waals surface area contributed by atoms with E-state index in [1.807, 2.05) is 0 Å². The summed E-state index contributed by atoms with van der Waals surface area (Å²) in [5.41, 5.74) is 0. The highest BCUT2D eigenvalue weighted by molar-refractivity contribution is 4.80. The number of likely N-dealkylation sites (N-methyl/N-ethyl adjacent to an activating group) is 1. The molecule has 0 spiro atoms. The van der Waals surface area contributed by atoms with Gasteiger partial charge in [-0.25, -0.2) is 0 Å². The fraction of sp³-hybridized carbons (Fsp3) is 1.00. The molecule has 1 aliphatic heterocycles. The quantitative estimate of drug-likeness (QED) is 0.656. The molecule has 0 aromatic heterocycles. The van der Waals surface area contributed by atoms with E-state index in [0.717, 1.165) is 25.6 Å². The molecular formula is C14H28N2O. The first-order chi connectivity index (χ1) is 8.28. The number of hydrogen-bond donors (Lipinski definition) is 1. The number of nitrogens with one attached hydrogen (secondary N) is 1. The molecule has 3 nitrogen and oxygen atoms in total. The molecule has 0 amide bonds. The highest BCUT2D eigenvalue weighted by Crippen LogP contribution is 2.29. The SMILES string of the molecule is CCCNCC1CCC(CN(C)CC2CC2)O1. The van der Waals surface area contributed by atoms with Crippen LogP contribution >= 0.6 is 0 Å². The van der Waals surface area contributed by atoms with Crippen LogP contribution in [0.25, 0.3) is 0 Å². The van der Waals surface area contributed by atoms with E-state index < -0.39 is 0 Å². The van der Waals surface area contributed by atoms with Gasteiger partial charge in [0.25, 0.3) is 0 Å². The smallest absolute Gasteiger partial charge is 0.0707 e. The second kappa shape index (κ2) is 6.72. The summed E-state index contributed by atoms with van der Waals surface area (Å²) in [6, 6.07) is 0. The van der Waals surface area contributed by atoms with Gasteiger partial charge < -0.3 is 15.0 Å². The Morgan fingerprint density at radius 3 is 2.59 bits per heavy atom. The Hall–Kier alpha value is -0.120. The summed E-state index contributed by atoms with van der Waals surface area (Å²) in [5, 5.41) is 3.45. The van der Waals surface area contributed by atoms with E-state index in [1.165, 1.54) is 38.6 Å². The van der Waals surface area contributed by atoms with Crippen LogP contribution in [0.4, 0.5) is 0 Å². The van der Waals surface area contributed by atoms with Gasteiger partial charge in [-0.2, -0.15) is 0 Å². The molecule has 100 valence electrons. The molecular weight excluding hydrogens is 212 g/mol. The third kappa shape index (κ3) is 4.94. The van der Waals surface area contributed by atoms with Crippen molar-refractivity contribution in [3.05, 3.63) is 0 Å². The van der Waals surface area contributed by atoms with Gasteiger partial charge in [0.15, 0.2) is 0 Å². The number of nitrogens with zero attached hydrogens (tertiary/aromatic N) is 1. The van der Waals surface area contributed by atoms with Gasteiger partial charge in [-0.05, 0) is 51.6 Å². The number of ether oxygens (including phenoxy) is 1. The monoisotopic (exact) mass is 240 g/mol. The Labute approximate surface area is 106 Å². The standard InChI is InChI=1S/C14H28N2O/c1-3-8-15-9-13-6-7-14(17-13)11-16(2)10-12-4-5-12/h12-15H,3-11H2,1-2H3. The predicted octanol–water partition coefficient (Wildman–Crippen LogP) is 1.88. The fourth-order valence-electron chi connectivity index (χ4n) is 2.67. The summed E-state index contributed by atoms with van der Waals surface area (Å²) < 4.78 is 6.08. The Kier molecular flexibility index (Phi) is 5.26. The molecule has 0 radical (unpaired) electrons. The lowest BCUT2D eigenvalue weighted by molar-refractivity contribution is 0.0274. The highest BCUT2D eigenvalue weighted by atomic mass is 16.5. The Bertz CT molecular complexity index is 218. The summed E-state index contributed by atoms with van der Waals surface area (Å²) >= 11 is 0. The number of hydrogen-bond acceptors (Lipinski definition) is 3. The van der Waals surface area contributed by atoms with Gasteiger partial charge in [-0.1, -0.05) is 6.92 Å². The molecule has 17 heavy (non-hydrogen) atoms. The minimum atomic E-state index is 0.459. The van der Waals surface area contributed by atoms with Crippen LogP contribution in [0.1, 0.15) is 39.0 Å². The number of rotatable bonds is 8. The third-order valence-corrected chi connectivity index (χ3v) is 3.78.